The summed E-state index contributed by atoms with van der Waals surface area (Å²) in [4.78, 5) is 1.95. The van der Waals surface area contributed by atoms with Crippen LogP contribution in [0.5, 0.6) is 0 Å². The number of hydrogen-bond donors (Lipinski definition) is 1. The van der Waals surface area contributed by atoms with Gasteiger partial charge in [0.1, 0.15) is 0 Å². The molecule has 21 heavy (non-hydrogen) atoms. The Kier molecular flexibility index (Phi) is 5.46. The zero-order valence-corrected chi connectivity index (χ0v) is 13.8. The highest BCUT2D eigenvalue weighted by Gasteiger charge is 2.31. The van der Waals surface area contributed by atoms with Gasteiger partial charge in [0.25, 0.3) is 0 Å². The van der Waals surface area contributed by atoms with Crippen LogP contribution >= 0.6 is 27.3 Å². The predicted octanol–water partition coefficient (Wildman–Crippen LogP) is 5.70. The molecule has 0 atom stereocenters. The van der Waals surface area contributed by atoms with Gasteiger partial charge in [0.2, 0.25) is 0 Å². The van der Waals surface area contributed by atoms with E-state index in [2.05, 4.69) is 28.2 Å². The highest BCUT2D eigenvalue weighted by atomic mass is 79.9. The molecule has 1 nitrogen and oxygen atoms in total. The Bertz CT molecular complexity index is 607. The van der Waals surface area contributed by atoms with E-state index in [1.807, 2.05) is 12.1 Å². The lowest BCUT2D eigenvalue weighted by Gasteiger charge is -2.09. The molecule has 0 fully saturated rings. The molecule has 1 aromatic heterocycles. The minimum Gasteiger partial charge on any atom is -0.312 e. The minimum atomic E-state index is -4.32. The van der Waals surface area contributed by atoms with Gasteiger partial charge >= 0.3 is 6.18 Å². The fourth-order valence-corrected chi connectivity index (χ4v) is 3.50. The molecule has 0 spiro atoms. The standard InChI is InChI=1S/C15H15BrF3NS/c1-2-7-20-9-11-4-6-14(21-11)12-8-10(15(17,18)19)3-5-13(12)16/h3-6,8,20H,2,7,9H2,1H3. The number of hydrogen-bond acceptors (Lipinski definition) is 2. The van der Waals surface area contributed by atoms with Gasteiger partial charge in [-0.05, 0) is 43.3 Å². The molecule has 0 saturated heterocycles. The van der Waals surface area contributed by atoms with Crippen molar-refractivity contribution in [3.05, 3.63) is 45.2 Å². The summed E-state index contributed by atoms with van der Waals surface area (Å²) in [6.07, 6.45) is -3.27. The van der Waals surface area contributed by atoms with Crippen LogP contribution < -0.4 is 5.32 Å². The van der Waals surface area contributed by atoms with Crippen LogP contribution in [0, 0.1) is 0 Å². The van der Waals surface area contributed by atoms with Gasteiger partial charge in [-0.15, -0.1) is 11.3 Å². The number of nitrogens with one attached hydrogen (secondary N) is 1. The van der Waals surface area contributed by atoms with Crippen molar-refractivity contribution in [2.45, 2.75) is 26.1 Å². The van der Waals surface area contributed by atoms with Crippen molar-refractivity contribution in [2.75, 3.05) is 6.54 Å². The smallest absolute Gasteiger partial charge is 0.312 e. The van der Waals surface area contributed by atoms with Crippen molar-refractivity contribution in [1.29, 1.82) is 0 Å². The molecule has 0 amide bonds. The molecular formula is C15H15BrF3NS. The van der Waals surface area contributed by atoms with Crippen molar-refractivity contribution in [3.63, 3.8) is 0 Å². The SMILES string of the molecule is CCCNCc1ccc(-c2cc(C(F)(F)F)ccc2Br)s1. The van der Waals surface area contributed by atoms with Gasteiger partial charge in [-0.3, -0.25) is 0 Å². The monoisotopic (exact) mass is 377 g/mol. The summed E-state index contributed by atoms with van der Waals surface area (Å²) >= 11 is 4.84. The second-order valence-electron chi connectivity index (χ2n) is 4.64. The molecule has 1 aromatic carbocycles. The highest BCUT2D eigenvalue weighted by Crippen LogP contribution is 2.38. The van der Waals surface area contributed by atoms with E-state index in [1.54, 1.807) is 0 Å². The summed E-state index contributed by atoms with van der Waals surface area (Å²) in [7, 11) is 0. The molecule has 1 heterocycles. The van der Waals surface area contributed by atoms with Crippen LogP contribution in [0.2, 0.25) is 0 Å². The fraction of sp³-hybridized carbons (Fsp3) is 0.333. The van der Waals surface area contributed by atoms with Gasteiger partial charge in [-0.1, -0.05) is 22.9 Å². The highest BCUT2D eigenvalue weighted by molar-refractivity contribution is 9.10. The van der Waals surface area contributed by atoms with Crippen molar-refractivity contribution < 1.29 is 13.2 Å². The maximum Gasteiger partial charge on any atom is 0.416 e. The van der Waals surface area contributed by atoms with Gasteiger partial charge in [0.15, 0.2) is 0 Å². The quantitative estimate of drug-likeness (QED) is 0.659. The summed E-state index contributed by atoms with van der Waals surface area (Å²) < 4.78 is 39.1. The lowest BCUT2D eigenvalue weighted by Crippen LogP contribution is -2.12. The van der Waals surface area contributed by atoms with Gasteiger partial charge in [0, 0.05) is 26.3 Å². The van der Waals surface area contributed by atoms with E-state index in [-0.39, 0.29) is 0 Å². The molecule has 2 aromatic rings. The first-order valence-electron chi connectivity index (χ1n) is 6.58. The van der Waals surface area contributed by atoms with Crippen LogP contribution in [0.25, 0.3) is 10.4 Å². The molecule has 0 bridgehead atoms. The van der Waals surface area contributed by atoms with Crippen LogP contribution in [0.4, 0.5) is 13.2 Å². The first kappa shape index (κ1) is 16.5. The van der Waals surface area contributed by atoms with Gasteiger partial charge in [-0.2, -0.15) is 13.2 Å². The second kappa shape index (κ2) is 6.94. The summed E-state index contributed by atoms with van der Waals surface area (Å²) in [5.41, 5.74) is -0.0451. The molecule has 2 rings (SSSR count). The number of rotatable bonds is 5. The Labute approximate surface area is 134 Å². The summed E-state index contributed by atoms with van der Waals surface area (Å²) in [5.74, 6) is 0. The first-order chi connectivity index (χ1) is 9.91. The Hall–Kier alpha value is -0.850. The van der Waals surface area contributed by atoms with Crippen LogP contribution in [0.1, 0.15) is 23.8 Å². The Morgan fingerprint density at radius 1 is 1.19 bits per heavy atom. The maximum absolute atomic E-state index is 12.8. The van der Waals surface area contributed by atoms with Crippen molar-refractivity contribution in [2.24, 2.45) is 0 Å². The van der Waals surface area contributed by atoms with E-state index >= 15 is 0 Å². The van der Waals surface area contributed by atoms with E-state index < -0.39 is 11.7 Å². The molecule has 0 aliphatic heterocycles. The van der Waals surface area contributed by atoms with Crippen LogP contribution in [0.3, 0.4) is 0 Å². The van der Waals surface area contributed by atoms with E-state index in [1.165, 1.54) is 23.5 Å². The molecule has 114 valence electrons. The van der Waals surface area contributed by atoms with Crippen LogP contribution in [-0.2, 0) is 12.7 Å². The minimum absolute atomic E-state index is 0.580. The number of alkyl halides is 3. The summed E-state index contributed by atoms with van der Waals surface area (Å²) in [6, 6.07) is 7.56. The lowest BCUT2D eigenvalue weighted by atomic mass is 10.1. The topological polar surface area (TPSA) is 12.0 Å². The average Bonchev–Trinajstić information content (AvgIpc) is 2.87. The van der Waals surface area contributed by atoms with E-state index in [0.29, 0.717) is 10.0 Å². The molecule has 1 N–H and O–H groups in total. The number of benzene rings is 1. The molecule has 0 aliphatic rings. The van der Waals surface area contributed by atoms with Crippen molar-refractivity contribution >= 4 is 27.3 Å². The zero-order valence-electron chi connectivity index (χ0n) is 11.4. The summed E-state index contributed by atoms with van der Waals surface area (Å²) in [6.45, 7) is 3.77. The van der Waals surface area contributed by atoms with Crippen molar-refractivity contribution in [1.82, 2.24) is 5.32 Å². The van der Waals surface area contributed by atoms with E-state index in [9.17, 15) is 13.2 Å². The molecule has 0 saturated carbocycles. The number of thiophene rings is 1. The molecular weight excluding hydrogens is 363 g/mol. The molecule has 6 heteroatoms. The Morgan fingerprint density at radius 3 is 2.62 bits per heavy atom. The Morgan fingerprint density at radius 2 is 1.95 bits per heavy atom. The molecule has 0 aliphatic carbocycles. The summed E-state index contributed by atoms with van der Waals surface area (Å²) in [5, 5.41) is 3.29. The lowest BCUT2D eigenvalue weighted by molar-refractivity contribution is -0.137. The zero-order chi connectivity index (χ0) is 15.5. The van der Waals surface area contributed by atoms with Gasteiger partial charge in [-0.25, -0.2) is 0 Å². The average molecular weight is 378 g/mol. The normalized spacial score (nSPS) is 11.9. The fourth-order valence-electron chi connectivity index (χ4n) is 1.90. The third kappa shape index (κ3) is 4.31. The molecule has 0 unspecified atom stereocenters. The second-order valence-corrected chi connectivity index (χ2v) is 6.66. The predicted molar refractivity (Wildman–Crippen MR) is 84.5 cm³/mol. The van der Waals surface area contributed by atoms with E-state index in [0.717, 1.165) is 35.3 Å². The Balaban J connectivity index is 2.25. The van der Waals surface area contributed by atoms with Crippen LogP contribution in [-0.4, -0.2) is 6.54 Å². The van der Waals surface area contributed by atoms with Gasteiger partial charge in [0.05, 0.1) is 5.56 Å². The molecule has 0 radical (unpaired) electrons. The third-order valence-electron chi connectivity index (χ3n) is 2.95. The third-order valence-corrected chi connectivity index (χ3v) is 4.76. The number of halogens is 4. The van der Waals surface area contributed by atoms with Crippen molar-refractivity contribution in [3.8, 4) is 10.4 Å². The maximum atomic E-state index is 12.8. The van der Waals surface area contributed by atoms with Crippen LogP contribution in [0.15, 0.2) is 34.8 Å². The van der Waals surface area contributed by atoms with Gasteiger partial charge < -0.3 is 5.32 Å². The largest absolute Gasteiger partial charge is 0.416 e. The van der Waals surface area contributed by atoms with E-state index in [4.69, 9.17) is 0 Å². The first-order valence-corrected chi connectivity index (χ1v) is 8.19.